The summed E-state index contributed by atoms with van der Waals surface area (Å²) in [5.74, 6) is -0.283. The molecule has 1 N–H and O–H groups in total. The fraction of sp³-hybridized carbons (Fsp3) is 0.615. The van der Waals surface area contributed by atoms with Gasteiger partial charge in [0.1, 0.15) is 4.21 Å². The molecule has 1 fully saturated rings. The fourth-order valence-corrected chi connectivity index (χ4v) is 5.33. The van der Waals surface area contributed by atoms with Gasteiger partial charge in [-0.05, 0) is 38.8 Å². The largest absolute Gasteiger partial charge is 0.356 e. The minimum absolute atomic E-state index is 0.0465. The van der Waals surface area contributed by atoms with Gasteiger partial charge in [0.2, 0.25) is 5.91 Å². The predicted octanol–water partition coefficient (Wildman–Crippen LogP) is 1.59. The van der Waals surface area contributed by atoms with E-state index in [9.17, 15) is 13.2 Å². The molecule has 112 valence electrons. The van der Waals surface area contributed by atoms with Gasteiger partial charge in [-0.3, -0.25) is 4.79 Å². The van der Waals surface area contributed by atoms with E-state index in [4.69, 9.17) is 0 Å². The van der Waals surface area contributed by atoms with Crippen molar-refractivity contribution < 1.29 is 13.2 Å². The molecule has 1 aliphatic heterocycles. The first-order chi connectivity index (χ1) is 9.45. The lowest BCUT2D eigenvalue weighted by Gasteiger charge is -2.30. The molecule has 1 amide bonds. The highest BCUT2D eigenvalue weighted by Gasteiger charge is 2.33. The summed E-state index contributed by atoms with van der Waals surface area (Å²) < 4.78 is 26.9. The molecule has 1 aromatic heterocycles. The lowest BCUT2D eigenvalue weighted by molar-refractivity contribution is -0.125. The van der Waals surface area contributed by atoms with Gasteiger partial charge in [-0.1, -0.05) is 0 Å². The Balaban J connectivity index is 2.14. The van der Waals surface area contributed by atoms with Crippen LogP contribution in [0.3, 0.4) is 0 Å². The van der Waals surface area contributed by atoms with Crippen LogP contribution in [-0.2, 0) is 14.8 Å². The van der Waals surface area contributed by atoms with Crippen molar-refractivity contribution in [2.24, 2.45) is 5.92 Å². The second kappa shape index (κ2) is 6.24. The van der Waals surface area contributed by atoms with Crippen molar-refractivity contribution in [1.82, 2.24) is 9.62 Å². The number of piperidine rings is 1. The van der Waals surface area contributed by atoms with Gasteiger partial charge in [0.05, 0.1) is 5.92 Å². The van der Waals surface area contributed by atoms with Crippen LogP contribution in [0.1, 0.15) is 24.6 Å². The molecule has 5 nitrogen and oxygen atoms in total. The van der Waals surface area contributed by atoms with E-state index in [1.807, 2.05) is 19.9 Å². The van der Waals surface area contributed by atoms with E-state index >= 15 is 0 Å². The quantitative estimate of drug-likeness (QED) is 0.917. The molecule has 2 rings (SSSR count). The second-order valence-corrected chi connectivity index (χ2v) is 8.41. The summed E-state index contributed by atoms with van der Waals surface area (Å²) in [5.41, 5.74) is 0. The van der Waals surface area contributed by atoms with Gasteiger partial charge >= 0.3 is 0 Å². The van der Waals surface area contributed by atoms with Crippen LogP contribution in [0.4, 0.5) is 0 Å². The second-order valence-electron chi connectivity index (χ2n) is 4.96. The zero-order valence-corrected chi connectivity index (χ0v) is 13.4. The maximum Gasteiger partial charge on any atom is 0.252 e. The Kier molecular flexibility index (Phi) is 4.82. The third-order valence-corrected chi connectivity index (χ3v) is 6.75. The molecular weight excluding hydrogens is 296 g/mol. The van der Waals surface area contributed by atoms with Gasteiger partial charge < -0.3 is 5.32 Å². The molecule has 0 radical (unpaired) electrons. The molecule has 0 saturated carbocycles. The van der Waals surface area contributed by atoms with E-state index in [1.165, 1.54) is 15.6 Å². The van der Waals surface area contributed by atoms with Crippen LogP contribution < -0.4 is 5.32 Å². The van der Waals surface area contributed by atoms with Gasteiger partial charge in [0.15, 0.2) is 0 Å². The predicted molar refractivity (Wildman–Crippen MR) is 79.2 cm³/mol. The lowest BCUT2D eigenvalue weighted by atomic mass is 9.99. The van der Waals surface area contributed by atoms with E-state index < -0.39 is 10.0 Å². The first-order valence-electron chi connectivity index (χ1n) is 6.79. The van der Waals surface area contributed by atoms with Crippen molar-refractivity contribution in [3.05, 3.63) is 17.0 Å². The molecule has 20 heavy (non-hydrogen) atoms. The third-order valence-electron chi connectivity index (χ3n) is 3.42. The van der Waals surface area contributed by atoms with Crippen molar-refractivity contribution in [2.45, 2.75) is 30.9 Å². The molecule has 7 heteroatoms. The molecule has 0 bridgehead atoms. The van der Waals surface area contributed by atoms with E-state index in [0.717, 1.165) is 17.7 Å². The number of hydrogen-bond donors (Lipinski definition) is 1. The summed E-state index contributed by atoms with van der Waals surface area (Å²) in [6, 6.07) is 3.45. The third kappa shape index (κ3) is 3.21. The average Bonchev–Trinajstić information content (AvgIpc) is 2.86. The summed E-state index contributed by atoms with van der Waals surface area (Å²) in [5, 5.41) is 2.77. The van der Waals surface area contributed by atoms with Crippen molar-refractivity contribution in [2.75, 3.05) is 19.6 Å². The fourth-order valence-electron chi connectivity index (χ4n) is 2.37. The normalized spacial score (nSPS) is 20.8. The highest BCUT2D eigenvalue weighted by molar-refractivity contribution is 7.91. The Labute approximate surface area is 124 Å². The Hall–Kier alpha value is -0.920. The number of carbonyl (C=O) groups is 1. The molecule has 1 saturated heterocycles. The highest BCUT2D eigenvalue weighted by atomic mass is 32.2. The summed E-state index contributed by atoms with van der Waals surface area (Å²) >= 11 is 1.28. The standard InChI is InChI=1S/C13H20N2O3S2/c1-3-14-13(16)11-5-4-8-15(9-11)20(17,18)12-7-6-10(2)19-12/h6-7,11H,3-5,8-9H2,1-2H3,(H,14,16). The molecule has 0 aliphatic carbocycles. The maximum absolute atomic E-state index is 12.5. The lowest BCUT2D eigenvalue weighted by Crippen LogP contribution is -2.45. The van der Waals surface area contributed by atoms with E-state index in [2.05, 4.69) is 5.32 Å². The van der Waals surface area contributed by atoms with E-state index in [-0.39, 0.29) is 18.4 Å². The van der Waals surface area contributed by atoms with Gasteiger partial charge in [0.25, 0.3) is 10.0 Å². The molecule has 2 heterocycles. The Morgan fingerprint density at radius 2 is 2.25 bits per heavy atom. The number of aryl methyl sites for hydroxylation is 1. The number of nitrogens with one attached hydrogen (secondary N) is 1. The topological polar surface area (TPSA) is 66.5 Å². The number of amides is 1. The van der Waals surface area contributed by atoms with Crippen molar-refractivity contribution >= 4 is 27.3 Å². The minimum atomic E-state index is -3.45. The van der Waals surface area contributed by atoms with Crippen LogP contribution in [0.25, 0.3) is 0 Å². The van der Waals surface area contributed by atoms with Crippen LogP contribution in [0.2, 0.25) is 0 Å². The Bertz CT molecular complexity index is 580. The van der Waals surface area contributed by atoms with Gasteiger partial charge in [-0.2, -0.15) is 4.31 Å². The monoisotopic (exact) mass is 316 g/mol. The maximum atomic E-state index is 12.5. The van der Waals surface area contributed by atoms with Crippen molar-refractivity contribution in [3.8, 4) is 0 Å². The molecule has 1 aliphatic rings. The van der Waals surface area contributed by atoms with Gasteiger partial charge in [-0.15, -0.1) is 11.3 Å². The van der Waals surface area contributed by atoms with E-state index in [1.54, 1.807) is 6.07 Å². The van der Waals surface area contributed by atoms with Crippen LogP contribution in [-0.4, -0.2) is 38.3 Å². The van der Waals surface area contributed by atoms with Gasteiger partial charge in [-0.25, -0.2) is 8.42 Å². The first kappa shape index (κ1) is 15.5. The number of sulfonamides is 1. The van der Waals surface area contributed by atoms with E-state index in [0.29, 0.717) is 17.3 Å². The summed E-state index contributed by atoms with van der Waals surface area (Å²) in [6.07, 6.45) is 1.48. The molecule has 0 spiro atoms. The molecular formula is C13H20N2O3S2. The minimum Gasteiger partial charge on any atom is -0.356 e. The Morgan fingerprint density at radius 3 is 2.85 bits per heavy atom. The van der Waals surface area contributed by atoms with Crippen molar-refractivity contribution in [1.29, 1.82) is 0 Å². The Morgan fingerprint density at radius 1 is 1.50 bits per heavy atom. The average molecular weight is 316 g/mol. The first-order valence-corrected chi connectivity index (χ1v) is 9.05. The molecule has 1 unspecified atom stereocenters. The van der Waals surface area contributed by atoms with Crippen LogP contribution in [0.5, 0.6) is 0 Å². The SMILES string of the molecule is CCNC(=O)C1CCCN(S(=O)(=O)c2ccc(C)s2)C1. The van der Waals surface area contributed by atoms with Crippen LogP contribution in [0, 0.1) is 12.8 Å². The highest BCUT2D eigenvalue weighted by Crippen LogP contribution is 2.28. The summed E-state index contributed by atoms with van der Waals surface area (Å²) in [4.78, 5) is 12.9. The molecule has 1 atom stereocenters. The smallest absolute Gasteiger partial charge is 0.252 e. The van der Waals surface area contributed by atoms with Crippen LogP contribution >= 0.6 is 11.3 Å². The number of carbonyl (C=O) groups excluding carboxylic acids is 1. The number of thiophene rings is 1. The molecule has 1 aromatic rings. The van der Waals surface area contributed by atoms with Crippen molar-refractivity contribution in [3.63, 3.8) is 0 Å². The van der Waals surface area contributed by atoms with Crippen LogP contribution in [0.15, 0.2) is 16.3 Å². The summed E-state index contributed by atoms with van der Waals surface area (Å²) in [7, 11) is -3.45. The zero-order valence-electron chi connectivity index (χ0n) is 11.8. The summed E-state index contributed by atoms with van der Waals surface area (Å²) in [6.45, 7) is 5.10. The number of rotatable bonds is 4. The van der Waals surface area contributed by atoms with Gasteiger partial charge in [0, 0.05) is 24.5 Å². The zero-order chi connectivity index (χ0) is 14.8. The molecule has 0 aromatic carbocycles. The number of nitrogens with zero attached hydrogens (tertiary/aromatic N) is 1. The number of hydrogen-bond acceptors (Lipinski definition) is 4.